The largest absolute Gasteiger partial charge is 0.0616 e. The van der Waals surface area contributed by atoms with Crippen LogP contribution < -0.4 is 0 Å². The van der Waals surface area contributed by atoms with E-state index in [2.05, 4.69) is 407 Å². The Hall–Kier alpha value is -13.3. The second-order valence-corrected chi connectivity index (χ2v) is 34.9. The number of rotatable bonds is 5. The first-order valence-electron chi connectivity index (χ1n) is 40.7. The monoisotopic (exact) mass is 1450 g/mol. The van der Waals surface area contributed by atoms with Crippen LogP contribution in [-0.2, 0) is 21.7 Å². The van der Waals surface area contributed by atoms with Gasteiger partial charge in [-0.3, -0.25) is 0 Å². The van der Waals surface area contributed by atoms with Gasteiger partial charge in [-0.05, 0) is 302 Å². The smallest absolute Gasteiger partial charge is 0.0165 e. The molecule has 0 fully saturated rings. The summed E-state index contributed by atoms with van der Waals surface area (Å²) in [5.41, 5.74) is 34.4. The second kappa shape index (κ2) is 24.1. The number of benzene rings is 20. The Balaban J connectivity index is 0.000000137. The topological polar surface area (TPSA) is 0 Å². The van der Waals surface area contributed by atoms with Crippen molar-refractivity contribution < 1.29 is 0 Å². The van der Waals surface area contributed by atoms with Crippen molar-refractivity contribution in [2.45, 2.75) is 77.0 Å². The fourth-order valence-corrected chi connectivity index (χ4v) is 21.8. The molecule has 114 heavy (non-hydrogen) atoms. The van der Waals surface area contributed by atoms with Gasteiger partial charge in [0.15, 0.2) is 0 Å². The van der Waals surface area contributed by atoms with Gasteiger partial charge in [-0.2, -0.15) is 0 Å². The standard InChI is InChI=1S/C62H44.C52H38/c1-61(2)55-31-26-43(35-52(55)50-29-23-38-14-7-9-17-45(38)59(50)61)57-47-19-11-12-20-48(47)58(54-34-42(25-28-49(54)57)41-22-21-37-13-5-6-16-40(37)33-41)44-27-32-56-53(36-44)51-30-24-39-15-8-10-18-46(39)60(51)62(56,3)4;1-51(2)45-23-21-35(27-41(45)43-25-31-13-5-7-15-33(31)29-47(43)51)49-37-17-9-11-19-39(37)50(40-20-12-10-18-38(40)49)36-22-24-46-42(28-36)44-26-32-14-6-8-16-34(32)30-48(44)52(46,3)4/h5-36H,1-4H3;5-30H,1-4H3. The third-order valence-electron chi connectivity index (χ3n) is 27.4. The zero-order valence-electron chi connectivity index (χ0n) is 65.5. The lowest BCUT2D eigenvalue weighted by atomic mass is 9.79. The highest BCUT2D eigenvalue weighted by Gasteiger charge is 2.41. The Morgan fingerprint density at radius 1 is 0.140 bits per heavy atom. The lowest BCUT2D eigenvalue weighted by Gasteiger charge is -2.24. The fraction of sp³-hybridized carbons (Fsp3) is 0.105. The van der Waals surface area contributed by atoms with E-state index in [1.807, 2.05) is 0 Å². The van der Waals surface area contributed by atoms with E-state index >= 15 is 0 Å². The first-order valence-corrected chi connectivity index (χ1v) is 40.7. The van der Waals surface area contributed by atoms with E-state index in [9.17, 15) is 0 Å². The first kappa shape index (κ1) is 66.5. The van der Waals surface area contributed by atoms with Crippen molar-refractivity contribution in [3.8, 4) is 100 Å². The molecule has 4 aliphatic rings. The molecular formula is C114H82. The predicted octanol–water partition coefficient (Wildman–Crippen LogP) is 31.3. The van der Waals surface area contributed by atoms with Crippen LogP contribution in [0.3, 0.4) is 0 Å². The Morgan fingerprint density at radius 3 is 0.781 bits per heavy atom. The first-order chi connectivity index (χ1) is 55.5. The molecule has 0 spiro atoms. The molecule has 0 N–H and O–H groups in total. The Kier molecular flexibility index (Phi) is 14.1. The fourth-order valence-electron chi connectivity index (χ4n) is 21.8. The molecular weight excluding hydrogens is 1370 g/mol. The van der Waals surface area contributed by atoms with E-state index in [4.69, 9.17) is 0 Å². The second-order valence-electron chi connectivity index (χ2n) is 34.9. The summed E-state index contributed by atoms with van der Waals surface area (Å²) in [4.78, 5) is 0. The molecule has 24 rings (SSSR count). The summed E-state index contributed by atoms with van der Waals surface area (Å²) in [6.07, 6.45) is 0. The van der Waals surface area contributed by atoms with Crippen LogP contribution in [0.2, 0.25) is 0 Å². The summed E-state index contributed by atoms with van der Waals surface area (Å²) in [5, 5.41) is 23.3. The van der Waals surface area contributed by atoms with E-state index < -0.39 is 0 Å². The molecule has 0 radical (unpaired) electrons. The van der Waals surface area contributed by atoms with Crippen molar-refractivity contribution in [2.75, 3.05) is 0 Å². The Labute approximate surface area is 665 Å². The molecule has 0 nitrogen and oxygen atoms in total. The number of hydrogen-bond donors (Lipinski definition) is 0. The van der Waals surface area contributed by atoms with E-state index in [0.29, 0.717) is 0 Å². The molecule has 4 aliphatic carbocycles. The summed E-state index contributed by atoms with van der Waals surface area (Å²) in [5.74, 6) is 0. The summed E-state index contributed by atoms with van der Waals surface area (Å²) < 4.78 is 0. The van der Waals surface area contributed by atoms with Gasteiger partial charge in [0.2, 0.25) is 0 Å². The highest BCUT2D eigenvalue weighted by Crippen LogP contribution is 2.59. The van der Waals surface area contributed by atoms with Crippen LogP contribution in [-0.4, -0.2) is 0 Å². The molecule has 0 amide bonds. The van der Waals surface area contributed by atoms with Gasteiger partial charge in [-0.1, -0.05) is 347 Å². The van der Waals surface area contributed by atoms with Crippen LogP contribution in [0.4, 0.5) is 0 Å². The van der Waals surface area contributed by atoms with E-state index in [1.165, 1.54) is 242 Å². The summed E-state index contributed by atoms with van der Waals surface area (Å²) in [6, 6.07) is 134. The molecule has 0 aromatic heterocycles. The lowest BCUT2D eigenvalue weighted by Crippen LogP contribution is -2.15. The predicted molar refractivity (Wildman–Crippen MR) is 488 cm³/mol. The minimum atomic E-state index is -0.117. The van der Waals surface area contributed by atoms with Crippen LogP contribution in [0, 0.1) is 0 Å². The molecule has 0 bridgehead atoms. The molecule has 0 saturated carbocycles. The van der Waals surface area contributed by atoms with E-state index in [1.54, 1.807) is 0 Å². The van der Waals surface area contributed by atoms with Crippen molar-refractivity contribution in [3.05, 3.63) is 396 Å². The van der Waals surface area contributed by atoms with Crippen molar-refractivity contribution in [3.63, 3.8) is 0 Å². The molecule has 0 atom stereocenters. The van der Waals surface area contributed by atoms with Gasteiger partial charge in [-0.25, -0.2) is 0 Å². The maximum atomic E-state index is 2.50. The summed E-state index contributed by atoms with van der Waals surface area (Å²) in [7, 11) is 0. The van der Waals surface area contributed by atoms with Crippen LogP contribution in [0.5, 0.6) is 0 Å². The normalized spacial score (nSPS) is 14.6. The van der Waals surface area contributed by atoms with Crippen LogP contribution in [0.15, 0.2) is 352 Å². The molecule has 20 aromatic carbocycles. The molecule has 0 saturated heterocycles. The van der Waals surface area contributed by atoms with Crippen molar-refractivity contribution in [1.29, 1.82) is 0 Å². The van der Waals surface area contributed by atoms with Gasteiger partial charge in [0.05, 0.1) is 0 Å². The van der Waals surface area contributed by atoms with Gasteiger partial charge in [0.1, 0.15) is 0 Å². The van der Waals surface area contributed by atoms with Gasteiger partial charge >= 0.3 is 0 Å². The average Bonchev–Trinajstić information content (AvgIpc) is 1.45. The Bertz CT molecular complexity index is 7390. The van der Waals surface area contributed by atoms with Gasteiger partial charge in [0.25, 0.3) is 0 Å². The Morgan fingerprint density at radius 2 is 0.395 bits per heavy atom. The zero-order valence-corrected chi connectivity index (χ0v) is 65.5. The molecule has 0 unspecified atom stereocenters. The van der Waals surface area contributed by atoms with Gasteiger partial charge < -0.3 is 0 Å². The van der Waals surface area contributed by atoms with Crippen molar-refractivity contribution in [2.24, 2.45) is 0 Å². The number of hydrogen-bond acceptors (Lipinski definition) is 0. The molecule has 0 heterocycles. The van der Waals surface area contributed by atoms with Gasteiger partial charge in [-0.15, -0.1) is 0 Å². The lowest BCUT2D eigenvalue weighted by molar-refractivity contribution is 0.661. The highest BCUT2D eigenvalue weighted by molar-refractivity contribution is 6.24. The molecule has 538 valence electrons. The van der Waals surface area contributed by atoms with Crippen LogP contribution >= 0.6 is 0 Å². The number of fused-ring (bicyclic) bond motifs is 23. The SMILES string of the molecule is CC1(C)c2ccc(-c3c4ccccc4c(-c4ccc5c(c4)-c4cc6ccccc6cc4C5(C)C)c4ccccc34)cc2-c2cc3ccccc3cc21.CC1(C)c2ccc(-c3c4ccccc4c(-c4ccc5c(c4)-c4ccc6ccccc6c4C5(C)C)c4cc(-c5ccc6ccccc6c5)ccc34)cc2-c2ccc3ccccc3c21. The quantitative estimate of drug-likeness (QED) is 0.151. The molecule has 0 heteroatoms. The maximum absolute atomic E-state index is 2.50. The van der Waals surface area contributed by atoms with Gasteiger partial charge in [0, 0.05) is 21.7 Å². The minimum Gasteiger partial charge on any atom is -0.0616 e. The minimum absolute atomic E-state index is 0.0612. The van der Waals surface area contributed by atoms with Crippen LogP contribution in [0.1, 0.15) is 99.9 Å². The van der Waals surface area contributed by atoms with Crippen LogP contribution in [0.25, 0.3) is 197 Å². The van der Waals surface area contributed by atoms with E-state index in [-0.39, 0.29) is 21.7 Å². The van der Waals surface area contributed by atoms with E-state index in [0.717, 1.165) is 0 Å². The molecule has 20 aromatic rings. The zero-order chi connectivity index (χ0) is 76.4. The summed E-state index contributed by atoms with van der Waals surface area (Å²) in [6.45, 7) is 19.1. The maximum Gasteiger partial charge on any atom is 0.0165 e. The van der Waals surface area contributed by atoms with Crippen molar-refractivity contribution in [1.82, 2.24) is 0 Å². The molecule has 0 aliphatic heterocycles. The van der Waals surface area contributed by atoms with Crippen molar-refractivity contribution >= 4 is 97.0 Å². The third-order valence-corrected chi connectivity index (χ3v) is 27.4. The third kappa shape index (κ3) is 9.52. The highest BCUT2D eigenvalue weighted by atomic mass is 14.4. The average molecular weight is 1450 g/mol. The summed E-state index contributed by atoms with van der Waals surface area (Å²) >= 11 is 0.